The van der Waals surface area contributed by atoms with Gasteiger partial charge in [0, 0.05) is 33.7 Å². The van der Waals surface area contributed by atoms with Gasteiger partial charge in [-0.25, -0.2) is 4.79 Å². The summed E-state index contributed by atoms with van der Waals surface area (Å²) >= 11 is 2.58. The molecule has 0 saturated heterocycles. The fraction of sp³-hybridized carbons (Fsp3) is 0.0833. The molecule has 166 valence electrons. The Kier molecular flexibility index (Phi) is 8.02. The lowest BCUT2D eigenvalue weighted by Crippen LogP contribution is -2.14. The summed E-state index contributed by atoms with van der Waals surface area (Å²) in [6, 6.07) is 16.9. The number of aryl methyl sites for hydroxylation is 1. The number of nitrogens with zero attached hydrogens (tertiary/aromatic N) is 1. The molecule has 0 spiro atoms. The Morgan fingerprint density at radius 2 is 1.88 bits per heavy atom. The van der Waals surface area contributed by atoms with Crippen LogP contribution in [-0.2, 0) is 14.4 Å². The van der Waals surface area contributed by atoms with Gasteiger partial charge in [-0.3, -0.25) is 9.59 Å². The van der Waals surface area contributed by atoms with E-state index in [4.69, 9.17) is 5.11 Å². The average Bonchev–Trinajstić information content (AvgIpc) is 3.19. The molecule has 0 aliphatic carbocycles. The number of carboxylic acid groups (broad SMARTS) is 1. The maximum absolute atomic E-state index is 12.5. The number of amides is 2. The van der Waals surface area contributed by atoms with Crippen LogP contribution in [0.1, 0.15) is 11.1 Å². The first kappa shape index (κ1) is 23.8. The van der Waals surface area contributed by atoms with Gasteiger partial charge >= 0.3 is 5.97 Å². The number of thioether (sulfide) groups is 1. The highest BCUT2D eigenvalue weighted by atomic mass is 32.2. The summed E-state index contributed by atoms with van der Waals surface area (Å²) in [6.45, 7) is 1.99. The van der Waals surface area contributed by atoms with Crippen LogP contribution in [0.3, 0.4) is 0 Å². The molecule has 0 aliphatic rings. The predicted molar refractivity (Wildman–Crippen MR) is 130 cm³/mol. The number of aliphatic carboxylic acids is 1. The van der Waals surface area contributed by atoms with Crippen LogP contribution in [0.5, 0.6) is 0 Å². The zero-order valence-corrected chi connectivity index (χ0v) is 19.1. The second kappa shape index (κ2) is 11.1. The van der Waals surface area contributed by atoms with Gasteiger partial charge < -0.3 is 15.7 Å². The van der Waals surface area contributed by atoms with E-state index >= 15 is 0 Å². The third kappa shape index (κ3) is 6.80. The molecule has 9 heteroatoms. The van der Waals surface area contributed by atoms with Crippen molar-refractivity contribution >= 4 is 51.6 Å². The molecule has 0 fully saturated rings. The summed E-state index contributed by atoms with van der Waals surface area (Å²) in [5, 5.41) is 25.9. The minimum atomic E-state index is -1.21. The zero-order valence-electron chi connectivity index (χ0n) is 17.5. The van der Waals surface area contributed by atoms with Crippen molar-refractivity contribution in [2.45, 2.75) is 11.8 Å². The lowest BCUT2D eigenvalue weighted by molar-refractivity contribution is -0.131. The summed E-state index contributed by atoms with van der Waals surface area (Å²) < 4.78 is 0. The predicted octanol–water partition coefficient (Wildman–Crippen LogP) is 4.91. The molecule has 3 rings (SSSR count). The topological polar surface area (TPSA) is 119 Å². The number of nitrogens with one attached hydrogen (secondary N) is 2. The molecule has 2 amide bonds. The number of anilines is 2. The largest absolute Gasteiger partial charge is 0.478 e. The van der Waals surface area contributed by atoms with Gasteiger partial charge in [0.05, 0.1) is 11.3 Å². The first-order chi connectivity index (χ1) is 15.9. The second-order valence-electron chi connectivity index (χ2n) is 6.86. The van der Waals surface area contributed by atoms with Crippen molar-refractivity contribution in [1.82, 2.24) is 0 Å². The lowest BCUT2D eigenvalue weighted by atomic mass is 10.0. The number of hydrogen-bond acceptors (Lipinski definition) is 6. The highest BCUT2D eigenvalue weighted by Crippen LogP contribution is 2.35. The molecule has 2 aromatic carbocycles. The Morgan fingerprint density at radius 3 is 2.58 bits per heavy atom. The van der Waals surface area contributed by atoms with Gasteiger partial charge in [-0.1, -0.05) is 35.9 Å². The molecule has 0 unspecified atom stereocenters. The molecule has 3 N–H and O–H groups in total. The molecule has 0 saturated carbocycles. The van der Waals surface area contributed by atoms with Gasteiger partial charge in [0.15, 0.2) is 0 Å². The molecule has 0 atom stereocenters. The van der Waals surface area contributed by atoms with Crippen molar-refractivity contribution in [3.05, 3.63) is 77.2 Å². The van der Waals surface area contributed by atoms with Crippen molar-refractivity contribution in [2.24, 2.45) is 0 Å². The number of carbonyl (C=O) groups is 3. The van der Waals surface area contributed by atoms with Crippen LogP contribution in [-0.4, -0.2) is 28.6 Å². The second-order valence-corrected chi connectivity index (χ2v) is 8.79. The number of rotatable bonds is 8. The van der Waals surface area contributed by atoms with Crippen molar-refractivity contribution in [3.63, 3.8) is 0 Å². The minimum absolute atomic E-state index is 0.110. The van der Waals surface area contributed by atoms with E-state index in [1.165, 1.54) is 23.1 Å². The average molecular weight is 478 g/mol. The van der Waals surface area contributed by atoms with E-state index in [1.807, 2.05) is 36.6 Å². The maximum Gasteiger partial charge on any atom is 0.328 e. The summed E-state index contributed by atoms with van der Waals surface area (Å²) in [5.41, 5.74) is 3.74. The molecule has 1 aromatic heterocycles. The van der Waals surface area contributed by atoms with Gasteiger partial charge in [0.1, 0.15) is 11.1 Å². The van der Waals surface area contributed by atoms with E-state index in [9.17, 15) is 19.6 Å². The molecule has 3 aromatic rings. The Balaban J connectivity index is 1.61. The summed E-state index contributed by atoms with van der Waals surface area (Å²) in [6.07, 6.45) is 1.68. The van der Waals surface area contributed by atoms with Crippen LogP contribution >= 0.6 is 23.1 Å². The molecule has 7 nitrogen and oxygen atoms in total. The molecule has 0 aliphatic heterocycles. The SMILES string of the molecule is Cc1ccc(-c2csc(NC(=O)CSc3cccc(NC(=O)/C=C/C(=O)O)c3)c2C#N)cc1. The highest BCUT2D eigenvalue weighted by Gasteiger charge is 2.15. The monoisotopic (exact) mass is 477 g/mol. The summed E-state index contributed by atoms with van der Waals surface area (Å²) in [4.78, 5) is 35.4. The molecular formula is C24H19N3O4S2. The first-order valence-electron chi connectivity index (χ1n) is 9.69. The van der Waals surface area contributed by atoms with E-state index in [0.717, 1.165) is 33.7 Å². The molecular weight excluding hydrogens is 458 g/mol. The van der Waals surface area contributed by atoms with E-state index in [0.29, 0.717) is 16.3 Å². The standard InChI is InChI=1S/C24H19N3O4S2/c1-15-5-7-16(8-6-15)20-13-33-24(19(20)12-25)27-22(29)14-32-18-4-2-3-17(11-18)26-21(28)9-10-23(30)31/h2-11,13H,14H2,1H3,(H,26,28)(H,27,29)(H,30,31)/b10-9+. The van der Waals surface area contributed by atoms with E-state index in [1.54, 1.807) is 24.3 Å². The number of carboxylic acids is 1. The van der Waals surface area contributed by atoms with Crippen LogP contribution in [0, 0.1) is 18.3 Å². The summed E-state index contributed by atoms with van der Waals surface area (Å²) in [7, 11) is 0. The van der Waals surface area contributed by atoms with Crippen molar-refractivity contribution in [2.75, 3.05) is 16.4 Å². The highest BCUT2D eigenvalue weighted by molar-refractivity contribution is 8.00. The fourth-order valence-electron chi connectivity index (χ4n) is 2.81. The smallest absolute Gasteiger partial charge is 0.328 e. The van der Waals surface area contributed by atoms with Crippen LogP contribution in [0.15, 0.2) is 71.0 Å². The first-order valence-corrected chi connectivity index (χ1v) is 11.6. The van der Waals surface area contributed by atoms with Gasteiger partial charge in [-0.2, -0.15) is 5.26 Å². The normalized spacial score (nSPS) is 10.5. The Hall–Kier alpha value is -3.87. The van der Waals surface area contributed by atoms with Gasteiger partial charge in [0.25, 0.3) is 0 Å². The maximum atomic E-state index is 12.5. The van der Waals surface area contributed by atoms with Crippen LogP contribution in [0.2, 0.25) is 0 Å². The number of carbonyl (C=O) groups excluding carboxylic acids is 2. The van der Waals surface area contributed by atoms with Crippen molar-refractivity contribution in [1.29, 1.82) is 5.26 Å². The van der Waals surface area contributed by atoms with Crippen molar-refractivity contribution in [3.8, 4) is 17.2 Å². The van der Waals surface area contributed by atoms with E-state index in [-0.39, 0.29) is 11.7 Å². The molecule has 0 radical (unpaired) electrons. The third-order valence-corrected chi connectivity index (χ3v) is 6.26. The molecule has 1 heterocycles. The lowest BCUT2D eigenvalue weighted by Gasteiger charge is -2.07. The summed E-state index contributed by atoms with van der Waals surface area (Å²) in [5.74, 6) is -1.92. The van der Waals surface area contributed by atoms with E-state index in [2.05, 4.69) is 16.7 Å². The Morgan fingerprint density at radius 1 is 1.12 bits per heavy atom. The minimum Gasteiger partial charge on any atom is -0.478 e. The van der Waals surface area contributed by atoms with Crippen LogP contribution in [0.25, 0.3) is 11.1 Å². The number of hydrogen-bond donors (Lipinski definition) is 3. The van der Waals surface area contributed by atoms with Gasteiger partial charge in [0.2, 0.25) is 11.8 Å². The van der Waals surface area contributed by atoms with Gasteiger partial charge in [-0.15, -0.1) is 23.1 Å². The Labute approximate surface area is 198 Å². The van der Waals surface area contributed by atoms with Crippen LogP contribution < -0.4 is 10.6 Å². The number of thiophene rings is 1. The van der Waals surface area contributed by atoms with Gasteiger partial charge in [-0.05, 0) is 30.7 Å². The fourth-order valence-corrected chi connectivity index (χ4v) is 4.50. The third-order valence-electron chi connectivity index (χ3n) is 4.37. The quantitative estimate of drug-likeness (QED) is 0.313. The number of benzene rings is 2. The Bertz CT molecular complexity index is 1260. The molecule has 33 heavy (non-hydrogen) atoms. The number of nitriles is 1. The van der Waals surface area contributed by atoms with Crippen LogP contribution in [0.4, 0.5) is 10.7 Å². The molecule has 0 bridgehead atoms. The zero-order chi connectivity index (χ0) is 23.8. The van der Waals surface area contributed by atoms with Crippen molar-refractivity contribution < 1.29 is 19.5 Å². The van der Waals surface area contributed by atoms with E-state index < -0.39 is 11.9 Å².